The molecular formula is C23H27Cl2FN2O. The van der Waals surface area contributed by atoms with E-state index in [0.717, 1.165) is 32.1 Å². The fraction of sp³-hybridized carbons (Fsp3) is 0.435. The summed E-state index contributed by atoms with van der Waals surface area (Å²) in [5.41, 5.74) is 0.306. The number of hydrogen-bond donors (Lipinski definition) is 1. The lowest BCUT2D eigenvalue weighted by molar-refractivity contribution is -0.124. The summed E-state index contributed by atoms with van der Waals surface area (Å²) in [6.07, 6.45) is 9.53. The van der Waals surface area contributed by atoms with Crippen LogP contribution >= 0.6 is 23.2 Å². The molecule has 2 atom stereocenters. The zero-order chi connectivity index (χ0) is 21.0. The van der Waals surface area contributed by atoms with Gasteiger partial charge < -0.3 is 5.32 Å². The molecule has 1 aromatic carbocycles. The maximum absolute atomic E-state index is 15.2. The van der Waals surface area contributed by atoms with E-state index in [1.807, 2.05) is 7.05 Å². The maximum atomic E-state index is 15.2. The van der Waals surface area contributed by atoms with Crippen LogP contribution < -0.4 is 5.32 Å². The van der Waals surface area contributed by atoms with Crippen LogP contribution in [0.3, 0.4) is 0 Å². The van der Waals surface area contributed by atoms with Gasteiger partial charge in [-0.1, -0.05) is 61.2 Å². The Balaban J connectivity index is 1.92. The molecule has 156 valence electrons. The van der Waals surface area contributed by atoms with Crippen molar-refractivity contribution < 1.29 is 9.18 Å². The van der Waals surface area contributed by atoms with Gasteiger partial charge in [-0.2, -0.15) is 0 Å². The Morgan fingerprint density at radius 2 is 2.07 bits per heavy atom. The van der Waals surface area contributed by atoms with Crippen molar-refractivity contribution in [2.45, 2.75) is 37.6 Å². The summed E-state index contributed by atoms with van der Waals surface area (Å²) < 4.78 is 15.2. The fourth-order valence-corrected chi connectivity index (χ4v) is 5.14. The third-order valence-corrected chi connectivity index (χ3v) is 6.55. The van der Waals surface area contributed by atoms with Gasteiger partial charge >= 0.3 is 0 Å². The van der Waals surface area contributed by atoms with Gasteiger partial charge in [0, 0.05) is 33.7 Å². The highest BCUT2D eigenvalue weighted by molar-refractivity contribution is 6.31. The molecule has 2 fully saturated rings. The van der Waals surface area contributed by atoms with E-state index < -0.39 is 11.8 Å². The molecule has 0 aromatic heterocycles. The van der Waals surface area contributed by atoms with Crippen molar-refractivity contribution in [3.63, 3.8) is 0 Å². The molecule has 1 saturated carbocycles. The molecule has 1 aliphatic heterocycles. The molecule has 1 saturated heterocycles. The Labute approximate surface area is 182 Å². The molecule has 1 N–H and O–H groups in total. The molecule has 0 radical (unpaired) electrons. The predicted molar refractivity (Wildman–Crippen MR) is 119 cm³/mol. The molecule has 2 unspecified atom stereocenters. The van der Waals surface area contributed by atoms with Gasteiger partial charge in [-0.05, 0) is 50.2 Å². The van der Waals surface area contributed by atoms with Crippen LogP contribution in [0.1, 0.15) is 32.1 Å². The summed E-state index contributed by atoms with van der Waals surface area (Å²) in [5.74, 6) is -1.45. The molecule has 1 heterocycles. The first-order valence-electron chi connectivity index (χ1n) is 9.99. The minimum absolute atomic E-state index is 0.155. The van der Waals surface area contributed by atoms with Crippen molar-refractivity contribution in [3.05, 3.63) is 65.0 Å². The lowest BCUT2D eigenvalue weighted by atomic mass is 9.70. The van der Waals surface area contributed by atoms with E-state index in [9.17, 15) is 4.79 Å². The first kappa shape index (κ1) is 22.1. The molecular weight excluding hydrogens is 410 g/mol. The van der Waals surface area contributed by atoms with E-state index in [4.69, 9.17) is 23.2 Å². The third-order valence-electron chi connectivity index (χ3n) is 6.19. The quantitative estimate of drug-likeness (QED) is 0.547. The van der Waals surface area contributed by atoms with Gasteiger partial charge in [-0.25, -0.2) is 4.39 Å². The van der Waals surface area contributed by atoms with E-state index in [0.29, 0.717) is 22.3 Å². The number of allylic oxidation sites excluding steroid dienone is 4. The number of carbonyl (C=O) groups is 1. The second-order valence-corrected chi connectivity index (χ2v) is 8.91. The van der Waals surface area contributed by atoms with Crippen molar-refractivity contribution >= 4 is 34.8 Å². The summed E-state index contributed by atoms with van der Waals surface area (Å²) in [6, 6.07) is 7.05. The largest absolute Gasteiger partial charge is 0.326 e. The van der Waals surface area contributed by atoms with Crippen LogP contribution in [0, 0.1) is 11.8 Å². The fourth-order valence-electron chi connectivity index (χ4n) is 4.88. The maximum Gasteiger partial charge on any atom is 0.230 e. The number of likely N-dealkylation sites (tertiary alicyclic amines) is 1. The monoisotopic (exact) mass is 436 g/mol. The Bertz CT molecular complexity index is 830. The van der Waals surface area contributed by atoms with Crippen LogP contribution in [-0.2, 0) is 4.79 Å². The van der Waals surface area contributed by atoms with Gasteiger partial charge in [0.1, 0.15) is 5.83 Å². The molecule has 1 aromatic rings. The molecule has 1 spiro atoms. The van der Waals surface area contributed by atoms with Crippen molar-refractivity contribution in [2.75, 3.05) is 18.9 Å². The van der Waals surface area contributed by atoms with Crippen LogP contribution in [0.5, 0.6) is 0 Å². The number of anilines is 1. The minimum atomic E-state index is -0.509. The van der Waals surface area contributed by atoms with Crippen LogP contribution in [0.2, 0.25) is 5.02 Å². The lowest BCUT2D eigenvalue weighted by Gasteiger charge is -2.43. The van der Waals surface area contributed by atoms with Crippen LogP contribution in [0.4, 0.5) is 10.1 Å². The molecule has 1 aliphatic carbocycles. The van der Waals surface area contributed by atoms with Crippen molar-refractivity contribution in [2.24, 2.45) is 11.8 Å². The smallest absolute Gasteiger partial charge is 0.230 e. The average Bonchev–Trinajstić information content (AvgIpc) is 2.94. The number of carbonyl (C=O) groups excluding carboxylic acids is 1. The SMILES string of the molecule is C=C(Cl)/C=C\C=C(/F)C1CN(C)C2(CCCCC2)C1C(=O)Nc1cccc(Cl)c1. The molecule has 0 bridgehead atoms. The van der Waals surface area contributed by atoms with Crippen molar-refractivity contribution in [3.8, 4) is 0 Å². The zero-order valence-corrected chi connectivity index (χ0v) is 18.1. The Hall–Kier alpha value is -1.62. The van der Waals surface area contributed by atoms with Gasteiger partial charge in [0.25, 0.3) is 0 Å². The molecule has 1 amide bonds. The topological polar surface area (TPSA) is 32.3 Å². The number of rotatable bonds is 5. The minimum Gasteiger partial charge on any atom is -0.326 e. The molecule has 3 nitrogen and oxygen atoms in total. The second kappa shape index (κ2) is 9.46. The number of nitrogens with zero attached hydrogens (tertiary/aromatic N) is 1. The van der Waals surface area contributed by atoms with E-state index in [1.54, 1.807) is 30.3 Å². The summed E-state index contributed by atoms with van der Waals surface area (Å²) >= 11 is 11.8. The standard InChI is InChI=1S/C23H27Cl2FN2O/c1-16(24)8-6-11-20(26)19-15-28(2)23(12-4-3-5-13-23)21(19)22(29)27-18-10-7-9-17(25)14-18/h6-11,14,19,21H,1,3-5,12-13,15H2,2H3,(H,27,29)/b8-6-,20-11-. The molecule has 6 heteroatoms. The van der Waals surface area contributed by atoms with Crippen molar-refractivity contribution in [1.29, 1.82) is 0 Å². The normalized spacial score (nSPS) is 24.9. The van der Waals surface area contributed by atoms with Crippen molar-refractivity contribution in [1.82, 2.24) is 4.90 Å². The highest BCUT2D eigenvalue weighted by Crippen LogP contribution is 2.50. The average molecular weight is 437 g/mol. The summed E-state index contributed by atoms with van der Waals surface area (Å²) in [6.45, 7) is 4.08. The van der Waals surface area contributed by atoms with Crippen LogP contribution in [0.15, 0.2) is 59.9 Å². The number of nitrogens with one attached hydrogen (secondary N) is 1. The number of benzene rings is 1. The van der Waals surface area contributed by atoms with Gasteiger partial charge in [0.05, 0.1) is 5.92 Å². The molecule has 29 heavy (non-hydrogen) atoms. The summed E-state index contributed by atoms with van der Waals surface area (Å²) in [7, 11) is 2.01. The van der Waals surface area contributed by atoms with E-state index >= 15 is 4.39 Å². The lowest BCUT2D eigenvalue weighted by Crippen LogP contribution is -2.51. The van der Waals surface area contributed by atoms with E-state index in [1.165, 1.54) is 12.2 Å². The highest BCUT2D eigenvalue weighted by atomic mass is 35.5. The predicted octanol–water partition coefficient (Wildman–Crippen LogP) is 6.32. The Morgan fingerprint density at radius 3 is 2.72 bits per heavy atom. The summed E-state index contributed by atoms with van der Waals surface area (Å²) in [4.78, 5) is 15.6. The first-order valence-corrected chi connectivity index (χ1v) is 10.7. The second-order valence-electron chi connectivity index (χ2n) is 7.99. The number of amides is 1. The molecule has 2 aliphatic rings. The number of halogens is 3. The van der Waals surface area contributed by atoms with Crippen LogP contribution in [0.25, 0.3) is 0 Å². The number of hydrogen-bond acceptors (Lipinski definition) is 2. The van der Waals surface area contributed by atoms with Gasteiger partial charge in [-0.3, -0.25) is 9.69 Å². The Kier molecular flexibility index (Phi) is 7.20. The van der Waals surface area contributed by atoms with Gasteiger partial charge in [-0.15, -0.1) is 0 Å². The first-order chi connectivity index (χ1) is 13.8. The highest BCUT2D eigenvalue weighted by Gasteiger charge is 2.56. The van der Waals surface area contributed by atoms with Gasteiger partial charge in [0.2, 0.25) is 5.91 Å². The van der Waals surface area contributed by atoms with Gasteiger partial charge in [0.15, 0.2) is 0 Å². The summed E-state index contributed by atoms with van der Waals surface area (Å²) in [5, 5.41) is 3.86. The Morgan fingerprint density at radius 1 is 1.34 bits per heavy atom. The van der Waals surface area contributed by atoms with E-state index in [2.05, 4.69) is 16.8 Å². The molecule has 3 rings (SSSR count). The van der Waals surface area contributed by atoms with E-state index in [-0.39, 0.29) is 17.3 Å². The zero-order valence-electron chi connectivity index (χ0n) is 16.6. The van der Waals surface area contributed by atoms with Crippen LogP contribution in [-0.4, -0.2) is 29.9 Å². The third kappa shape index (κ3) is 4.93.